The average molecular weight is 434 g/mol. The van der Waals surface area contributed by atoms with Crippen LogP contribution in [-0.4, -0.2) is 41.8 Å². The molecule has 2 rings (SSSR count). The van der Waals surface area contributed by atoms with Crippen LogP contribution in [0.4, 0.5) is 0 Å². The summed E-state index contributed by atoms with van der Waals surface area (Å²) < 4.78 is 33.9. The fourth-order valence-electron chi connectivity index (χ4n) is 2.66. The first-order valence-corrected chi connectivity index (χ1v) is 9.93. The normalized spacial score (nSPS) is 18.0. The molecule has 1 aliphatic heterocycles. The van der Waals surface area contributed by atoms with E-state index < -0.39 is 10.0 Å². The second kappa shape index (κ2) is 8.41. The summed E-state index contributed by atoms with van der Waals surface area (Å²) in [5, 5.41) is 3.30. The van der Waals surface area contributed by atoms with Gasteiger partial charge in [0.1, 0.15) is 0 Å². The lowest BCUT2D eigenvalue weighted by Gasteiger charge is -2.37. The van der Waals surface area contributed by atoms with Gasteiger partial charge < -0.3 is 10.1 Å². The van der Waals surface area contributed by atoms with Crippen LogP contribution in [-0.2, 0) is 14.8 Å². The van der Waals surface area contributed by atoms with Crippen LogP contribution in [0.1, 0.15) is 17.7 Å². The van der Waals surface area contributed by atoms with Gasteiger partial charge in [-0.2, -0.15) is 0 Å². The number of rotatable bonds is 6. The number of nitrogens with one attached hydrogen (secondary N) is 2. The van der Waals surface area contributed by atoms with Crippen LogP contribution in [0.5, 0.6) is 0 Å². The molecule has 0 spiro atoms. The third-order valence-electron chi connectivity index (χ3n) is 3.88. The smallest absolute Gasteiger partial charge is 0.241 e. The summed E-state index contributed by atoms with van der Waals surface area (Å²) in [7, 11) is -1.81. The van der Waals surface area contributed by atoms with E-state index >= 15 is 0 Å². The van der Waals surface area contributed by atoms with Gasteiger partial charge in [0.15, 0.2) is 0 Å². The van der Waals surface area contributed by atoms with Gasteiger partial charge in [-0.15, -0.1) is 23.7 Å². The van der Waals surface area contributed by atoms with Gasteiger partial charge in [0.05, 0.1) is 15.3 Å². The molecule has 1 fully saturated rings. The zero-order valence-corrected chi connectivity index (χ0v) is 16.7. The summed E-state index contributed by atoms with van der Waals surface area (Å²) in [5.41, 5.74) is -0.117. The van der Waals surface area contributed by atoms with Crippen LogP contribution >= 0.6 is 39.7 Å². The van der Waals surface area contributed by atoms with Crippen LogP contribution in [0.3, 0.4) is 0 Å². The summed E-state index contributed by atoms with van der Waals surface area (Å²) in [6.45, 7) is 4.60. The summed E-state index contributed by atoms with van der Waals surface area (Å²) in [6.07, 6.45) is 1.82. The molecule has 2 heterocycles. The number of piperidine rings is 1. The molecular formula is C13H22BrClN2O3S2. The van der Waals surface area contributed by atoms with Crippen molar-refractivity contribution in [3.05, 3.63) is 14.7 Å². The molecule has 1 saturated heterocycles. The van der Waals surface area contributed by atoms with Crippen molar-refractivity contribution in [2.24, 2.45) is 5.41 Å². The molecule has 0 saturated carbocycles. The van der Waals surface area contributed by atoms with Gasteiger partial charge in [0.25, 0.3) is 0 Å². The van der Waals surface area contributed by atoms with Gasteiger partial charge in [-0.05, 0) is 54.9 Å². The first-order chi connectivity index (χ1) is 9.88. The molecule has 0 radical (unpaired) electrons. The number of hydrogen-bond acceptors (Lipinski definition) is 5. The fourth-order valence-corrected chi connectivity index (χ4v) is 6.23. The van der Waals surface area contributed by atoms with Crippen LogP contribution in [0, 0.1) is 12.3 Å². The number of aryl methyl sites for hydroxylation is 1. The van der Waals surface area contributed by atoms with Crippen LogP contribution in [0.2, 0.25) is 0 Å². The molecule has 5 nitrogen and oxygen atoms in total. The van der Waals surface area contributed by atoms with Crippen molar-refractivity contribution < 1.29 is 13.2 Å². The number of halogens is 2. The molecule has 1 aromatic rings. The lowest BCUT2D eigenvalue weighted by Crippen LogP contribution is -2.47. The predicted molar refractivity (Wildman–Crippen MR) is 95.6 cm³/mol. The van der Waals surface area contributed by atoms with E-state index in [1.54, 1.807) is 13.2 Å². The van der Waals surface area contributed by atoms with Crippen molar-refractivity contribution in [3.8, 4) is 0 Å². The standard InChI is InChI=1S/C13H21BrN2O3S2.ClH/c1-10-11(7-12(14)20-10)21(17,18)16-8-13(9-19-2)3-5-15-6-4-13;/h7,15-16H,3-6,8-9H2,1-2H3;1H. The van der Waals surface area contributed by atoms with E-state index in [4.69, 9.17) is 4.74 Å². The van der Waals surface area contributed by atoms with Gasteiger partial charge in [0, 0.05) is 23.9 Å². The molecule has 2 N–H and O–H groups in total. The Balaban J connectivity index is 0.00000242. The van der Waals surface area contributed by atoms with E-state index in [1.807, 2.05) is 6.92 Å². The maximum Gasteiger partial charge on any atom is 0.241 e. The van der Waals surface area contributed by atoms with E-state index in [0.29, 0.717) is 18.0 Å². The van der Waals surface area contributed by atoms with E-state index in [2.05, 4.69) is 26.0 Å². The fraction of sp³-hybridized carbons (Fsp3) is 0.692. The highest BCUT2D eigenvalue weighted by Gasteiger charge is 2.34. The Bertz CT molecular complexity index is 581. The predicted octanol–water partition coefficient (Wildman–Crippen LogP) is 2.54. The summed E-state index contributed by atoms with van der Waals surface area (Å²) in [4.78, 5) is 1.15. The van der Waals surface area contributed by atoms with E-state index in [0.717, 1.165) is 34.6 Å². The topological polar surface area (TPSA) is 67.4 Å². The molecule has 0 amide bonds. The molecular weight excluding hydrogens is 412 g/mol. The zero-order chi connectivity index (χ0) is 15.5. The lowest BCUT2D eigenvalue weighted by molar-refractivity contribution is 0.0577. The summed E-state index contributed by atoms with van der Waals surface area (Å²) >= 11 is 4.77. The minimum Gasteiger partial charge on any atom is -0.384 e. The second-order valence-corrected chi connectivity index (χ2v) is 9.85. The zero-order valence-electron chi connectivity index (χ0n) is 12.6. The molecule has 22 heavy (non-hydrogen) atoms. The Morgan fingerprint density at radius 3 is 2.59 bits per heavy atom. The molecule has 0 unspecified atom stereocenters. The largest absolute Gasteiger partial charge is 0.384 e. The van der Waals surface area contributed by atoms with Crippen molar-refractivity contribution >= 4 is 49.7 Å². The van der Waals surface area contributed by atoms with E-state index in [9.17, 15) is 8.42 Å². The maximum atomic E-state index is 12.5. The molecule has 128 valence electrons. The minimum atomic E-state index is -3.47. The number of ether oxygens (including phenoxy) is 1. The van der Waals surface area contributed by atoms with Gasteiger partial charge in [-0.25, -0.2) is 13.1 Å². The molecule has 1 aliphatic rings. The highest BCUT2D eigenvalue weighted by Crippen LogP contribution is 2.31. The molecule has 0 bridgehead atoms. The third kappa shape index (κ3) is 4.90. The Labute approximate surface area is 150 Å². The first-order valence-electron chi connectivity index (χ1n) is 6.84. The van der Waals surface area contributed by atoms with Crippen molar-refractivity contribution in [3.63, 3.8) is 0 Å². The highest BCUT2D eigenvalue weighted by atomic mass is 79.9. The average Bonchev–Trinajstić information content (AvgIpc) is 2.78. The Morgan fingerprint density at radius 1 is 1.45 bits per heavy atom. The number of hydrogen-bond donors (Lipinski definition) is 2. The molecule has 0 aromatic carbocycles. The molecule has 0 atom stereocenters. The minimum absolute atomic E-state index is 0. The van der Waals surface area contributed by atoms with Crippen LogP contribution in [0.15, 0.2) is 14.7 Å². The molecule has 9 heteroatoms. The number of sulfonamides is 1. The van der Waals surface area contributed by atoms with E-state index in [1.165, 1.54) is 11.3 Å². The second-order valence-electron chi connectivity index (χ2n) is 5.48. The molecule has 1 aromatic heterocycles. The van der Waals surface area contributed by atoms with Gasteiger partial charge >= 0.3 is 0 Å². The van der Waals surface area contributed by atoms with Crippen LogP contribution < -0.4 is 10.0 Å². The maximum absolute atomic E-state index is 12.5. The first kappa shape index (κ1) is 20.3. The van der Waals surface area contributed by atoms with Crippen molar-refractivity contribution in [2.45, 2.75) is 24.7 Å². The van der Waals surface area contributed by atoms with Gasteiger partial charge in [-0.1, -0.05) is 0 Å². The van der Waals surface area contributed by atoms with Crippen molar-refractivity contribution in [2.75, 3.05) is 33.4 Å². The Hall–Kier alpha value is 0.300. The lowest BCUT2D eigenvalue weighted by atomic mass is 9.80. The van der Waals surface area contributed by atoms with Crippen LogP contribution in [0.25, 0.3) is 0 Å². The van der Waals surface area contributed by atoms with Gasteiger partial charge in [0.2, 0.25) is 10.0 Å². The van der Waals surface area contributed by atoms with E-state index in [-0.39, 0.29) is 17.8 Å². The summed E-state index contributed by atoms with van der Waals surface area (Å²) in [5.74, 6) is 0. The summed E-state index contributed by atoms with van der Waals surface area (Å²) in [6, 6.07) is 1.66. The number of methoxy groups -OCH3 is 1. The number of thiophene rings is 1. The third-order valence-corrected chi connectivity index (χ3v) is 7.09. The van der Waals surface area contributed by atoms with Crippen molar-refractivity contribution in [1.29, 1.82) is 0 Å². The van der Waals surface area contributed by atoms with Crippen molar-refractivity contribution in [1.82, 2.24) is 10.0 Å². The monoisotopic (exact) mass is 432 g/mol. The Kier molecular flexibility index (Phi) is 7.78. The highest BCUT2D eigenvalue weighted by molar-refractivity contribution is 9.11. The Morgan fingerprint density at radius 2 is 2.09 bits per heavy atom. The quantitative estimate of drug-likeness (QED) is 0.723. The SMILES string of the molecule is COCC1(CNS(=O)(=O)c2cc(Br)sc2C)CCNCC1.Cl. The van der Waals surface area contributed by atoms with Gasteiger partial charge in [-0.3, -0.25) is 0 Å². The molecule has 0 aliphatic carbocycles.